The Kier molecular flexibility index (Phi) is 11.0. The van der Waals surface area contributed by atoms with Crippen LogP contribution >= 0.6 is 0 Å². The topological polar surface area (TPSA) is 47.9 Å². The van der Waals surface area contributed by atoms with Gasteiger partial charge in [-0.1, -0.05) is 19.9 Å². The first-order chi connectivity index (χ1) is 10.1. The summed E-state index contributed by atoms with van der Waals surface area (Å²) in [6, 6.07) is 0. The van der Waals surface area contributed by atoms with Crippen LogP contribution in [0, 0.1) is 5.41 Å². The Hall–Kier alpha value is -1.03. The third-order valence-electron chi connectivity index (χ3n) is 4.30. The lowest BCUT2D eigenvalue weighted by molar-refractivity contribution is 0.175. The molecule has 4 nitrogen and oxygen atoms in total. The number of hydrogen-bond acceptors (Lipinski definition) is 2. The molecule has 2 N–H and O–H groups in total. The van der Waals surface area contributed by atoms with E-state index in [0.717, 1.165) is 57.7 Å². The van der Waals surface area contributed by atoms with Crippen LogP contribution < -0.4 is 5.32 Å². The van der Waals surface area contributed by atoms with Crippen molar-refractivity contribution in [3.05, 3.63) is 12.7 Å². The van der Waals surface area contributed by atoms with Gasteiger partial charge in [0.15, 0.2) is 5.96 Å². The van der Waals surface area contributed by atoms with Gasteiger partial charge in [0.25, 0.3) is 0 Å². The van der Waals surface area contributed by atoms with Crippen LogP contribution in [0.15, 0.2) is 17.6 Å². The number of aliphatic hydroxyl groups is 1. The molecule has 0 rings (SSSR count). The molecule has 0 aliphatic heterocycles. The third kappa shape index (κ3) is 7.51. The second-order valence-electron chi connectivity index (χ2n) is 5.70. The summed E-state index contributed by atoms with van der Waals surface area (Å²) in [6.07, 6.45) is 7.00. The number of allylic oxidation sites excluding steroid dienone is 1. The maximum atomic E-state index is 9.30. The summed E-state index contributed by atoms with van der Waals surface area (Å²) < 4.78 is 0. The molecule has 0 aromatic carbocycles. The molecule has 0 bridgehead atoms. The number of aliphatic hydroxyl groups excluding tert-OH is 1. The maximum absolute atomic E-state index is 9.30. The smallest absolute Gasteiger partial charge is 0.193 e. The molecule has 0 amide bonds. The van der Waals surface area contributed by atoms with Crippen molar-refractivity contribution in [1.82, 2.24) is 10.2 Å². The van der Waals surface area contributed by atoms with Crippen molar-refractivity contribution >= 4 is 5.96 Å². The normalized spacial score (nSPS) is 12.3. The summed E-state index contributed by atoms with van der Waals surface area (Å²) >= 11 is 0. The van der Waals surface area contributed by atoms with E-state index in [-0.39, 0.29) is 12.0 Å². The van der Waals surface area contributed by atoms with Crippen molar-refractivity contribution < 1.29 is 5.11 Å². The zero-order chi connectivity index (χ0) is 16.1. The largest absolute Gasteiger partial charge is 0.396 e. The second kappa shape index (κ2) is 11.6. The molecule has 0 aliphatic carbocycles. The molecular weight excluding hydrogens is 262 g/mol. The lowest BCUT2D eigenvalue weighted by atomic mass is 9.79. The first kappa shape index (κ1) is 20.0. The molecular formula is C17H35N3O. The number of unbranched alkanes of at least 4 members (excludes halogenated alkanes) is 1. The molecule has 21 heavy (non-hydrogen) atoms. The molecule has 0 heterocycles. The Labute approximate surface area is 131 Å². The van der Waals surface area contributed by atoms with E-state index < -0.39 is 0 Å². The number of guanidine groups is 1. The predicted molar refractivity (Wildman–Crippen MR) is 92.8 cm³/mol. The highest BCUT2D eigenvalue weighted by atomic mass is 16.3. The molecule has 4 heteroatoms. The zero-order valence-corrected chi connectivity index (χ0v) is 14.5. The summed E-state index contributed by atoms with van der Waals surface area (Å²) in [5.41, 5.74) is 0.122. The zero-order valence-electron chi connectivity index (χ0n) is 14.5. The molecule has 0 unspecified atom stereocenters. The van der Waals surface area contributed by atoms with E-state index in [1.165, 1.54) is 0 Å². The number of aliphatic imine (C=N–C) groups is 1. The van der Waals surface area contributed by atoms with Crippen molar-refractivity contribution in [2.75, 3.05) is 33.3 Å². The number of hydrogen-bond donors (Lipinski definition) is 2. The third-order valence-corrected chi connectivity index (χ3v) is 4.30. The van der Waals surface area contributed by atoms with Crippen molar-refractivity contribution in [2.24, 2.45) is 10.4 Å². The molecule has 0 aromatic rings. The van der Waals surface area contributed by atoms with Crippen molar-refractivity contribution in [1.29, 1.82) is 0 Å². The first-order valence-electron chi connectivity index (χ1n) is 8.30. The molecule has 124 valence electrons. The molecule has 0 aromatic heterocycles. The highest BCUT2D eigenvalue weighted by Crippen LogP contribution is 2.30. The Balaban J connectivity index is 4.78. The van der Waals surface area contributed by atoms with Gasteiger partial charge in [0.2, 0.25) is 0 Å². The monoisotopic (exact) mass is 297 g/mol. The van der Waals surface area contributed by atoms with Crippen molar-refractivity contribution in [2.45, 2.75) is 52.9 Å². The second-order valence-corrected chi connectivity index (χ2v) is 5.70. The molecule has 0 aliphatic rings. The van der Waals surface area contributed by atoms with Crippen LogP contribution in [0.5, 0.6) is 0 Å². The minimum Gasteiger partial charge on any atom is -0.396 e. The first-order valence-corrected chi connectivity index (χ1v) is 8.30. The number of nitrogens with one attached hydrogen (secondary N) is 1. The Bertz CT molecular complexity index is 298. The molecule has 0 saturated carbocycles. The summed E-state index contributed by atoms with van der Waals surface area (Å²) in [5.74, 6) is 0.964. The van der Waals surface area contributed by atoms with Gasteiger partial charge in [-0.3, -0.25) is 4.99 Å². The van der Waals surface area contributed by atoms with Crippen molar-refractivity contribution in [3.8, 4) is 0 Å². The van der Waals surface area contributed by atoms with Crippen LogP contribution in [0.3, 0.4) is 0 Å². The average molecular weight is 297 g/mol. The Morgan fingerprint density at radius 1 is 1.33 bits per heavy atom. The van der Waals surface area contributed by atoms with Gasteiger partial charge in [-0.15, -0.1) is 6.58 Å². The fourth-order valence-corrected chi connectivity index (χ4v) is 2.43. The SMILES string of the molecule is C=CCCCN(C)C(=NCC(CC)(CC)CCO)NCC. The van der Waals surface area contributed by atoms with Gasteiger partial charge < -0.3 is 15.3 Å². The number of rotatable bonds is 11. The molecule has 0 saturated heterocycles. The minimum atomic E-state index is 0.122. The molecule has 0 spiro atoms. The van der Waals surface area contributed by atoms with E-state index >= 15 is 0 Å². The summed E-state index contributed by atoms with van der Waals surface area (Å²) in [7, 11) is 2.08. The lowest BCUT2D eigenvalue weighted by Gasteiger charge is -2.30. The highest BCUT2D eigenvalue weighted by Gasteiger charge is 2.25. The average Bonchev–Trinajstić information content (AvgIpc) is 2.50. The quantitative estimate of drug-likeness (QED) is 0.267. The van der Waals surface area contributed by atoms with Crippen LogP contribution in [-0.2, 0) is 0 Å². The van der Waals surface area contributed by atoms with Crippen LogP contribution in [-0.4, -0.2) is 49.3 Å². The standard InChI is InChI=1S/C17H35N3O/c1-6-10-11-13-20(5)16(18-9-4)19-15-17(7-2,8-3)12-14-21/h6,21H,1,7-15H2,2-5H3,(H,18,19). The van der Waals surface area contributed by atoms with Gasteiger partial charge in [-0.05, 0) is 44.4 Å². The van der Waals surface area contributed by atoms with Gasteiger partial charge in [0.1, 0.15) is 0 Å². The van der Waals surface area contributed by atoms with Crippen molar-refractivity contribution in [3.63, 3.8) is 0 Å². The predicted octanol–water partition coefficient (Wildman–Crippen LogP) is 3.04. The van der Waals surface area contributed by atoms with Gasteiger partial charge in [0, 0.05) is 33.3 Å². The highest BCUT2D eigenvalue weighted by molar-refractivity contribution is 5.79. The fourth-order valence-electron chi connectivity index (χ4n) is 2.43. The lowest BCUT2D eigenvalue weighted by Crippen LogP contribution is -2.40. The van der Waals surface area contributed by atoms with Gasteiger partial charge in [-0.25, -0.2) is 0 Å². The van der Waals surface area contributed by atoms with Gasteiger partial charge >= 0.3 is 0 Å². The van der Waals surface area contributed by atoms with E-state index in [2.05, 4.69) is 44.6 Å². The van der Waals surface area contributed by atoms with Crippen LogP contribution in [0.4, 0.5) is 0 Å². The van der Waals surface area contributed by atoms with Gasteiger partial charge in [-0.2, -0.15) is 0 Å². The van der Waals surface area contributed by atoms with Crippen LogP contribution in [0.2, 0.25) is 0 Å². The van der Waals surface area contributed by atoms with E-state index in [4.69, 9.17) is 4.99 Å². The van der Waals surface area contributed by atoms with Gasteiger partial charge in [0.05, 0.1) is 0 Å². The Morgan fingerprint density at radius 3 is 2.48 bits per heavy atom. The summed E-state index contributed by atoms with van der Waals surface area (Å²) in [4.78, 5) is 7.00. The summed E-state index contributed by atoms with van der Waals surface area (Å²) in [6.45, 7) is 13.1. The molecule has 0 radical (unpaired) electrons. The van der Waals surface area contributed by atoms with Crippen LogP contribution in [0.25, 0.3) is 0 Å². The number of nitrogens with zero attached hydrogens (tertiary/aromatic N) is 2. The maximum Gasteiger partial charge on any atom is 0.193 e. The molecule has 0 atom stereocenters. The van der Waals surface area contributed by atoms with E-state index in [9.17, 15) is 5.11 Å². The van der Waals surface area contributed by atoms with E-state index in [0.29, 0.717) is 0 Å². The minimum absolute atomic E-state index is 0.122. The molecule has 0 fully saturated rings. The summed E-state index contributed by atoms with van der Waals surface area (Å²) in [5, 5.41) is 12.7. The van der Waals surface area contributed by atoms with E-state index in [1.54, 1.807) is 0 Å². The fraction of sp³-hybridized carbons (Fsp3) is 0.824. The Morgan fingerprint density at radius 2 is 2.00 bits per heavy atom. The van der Waals surface area contributed by atoms with Crippen LogP contribution in [0.1, 0.15) is 52.9 Å². The van der Waals surface area contributed by atoms with E-state index in [1.807, 2.05) is 6.08 Å².